The Morgan fingerprint density at radius 2 is 1.91 bits per heavy atom. The molecule has 0 saturated heterocycles. The first-order chi connectivity index (χ1) is 10.8. The van der Waals surface area contributed by atoms with Gasteiger partial charge in [0.1, 0.15) is 17.2 Å². The van der Waals surface area contributed by atoms with E-state index < -0.39 is 0 Å². The topological polar surface area (TPSA) is 35.5 Å². The molecule has 1 aromatic heterocycles. The Kier molecular flexibility index (Phi) is 4.39. The second kappa shape index (κ2) is 6.62. The molecule has 3 aromatic rings. The van der Waals surface area contributed by atoms with E-state index in [1.54, 1.807) is 6.92 Å². The van der Waals surface area contributed by atoms with Gasteiger partial charge in [-0.2, -0.15) is 0 Å². The lowest BCUT2D eigenvalue weighted by Crippen LogP contribution is -2.01. The number of carbonyl (C=O) groups excluding carboxylic acids is 1. The number of carbonyl (C=O) groups is 1. The number of rotatable bonds is 5. The standard InChI is InChI=1S/C18H16O3S/c1-2-20-18(19)17-11-14-15(9-6-10-16(14)22-17)21-12-13-7-4-3-5-8-13/h3-11H,2,12H2,1H3. The molecular weight excluding hydrogens is 296 g/mol. The number of ether oxygens (including phenoxy) is 2. The highest BCUT2D eigenvalue weighted by molar-refractivity contribution is 7.20. The van der Waals surface area contributed by atoms with Crippen molar-refractivity contribution in [2.75, 3.05) is 6.61 Å². The average Bonchev–Trinajstić information content (AvgIpc) is 2.99. The maximum absolute atomic E-state index is 11.9. The number of thiophene rings is 1. The second-order valence-electron chi connectivity index (χ2n) is 4.77. The van der Waals surface area contributed by atoms with Crippen molar-refractivity contribution in [2.45, 2.75) is 13.5 Å². The van der Waals surface area contributed by atoms with E-state index in [2.05, 4.69) is 0 Å². The maximum Gasteiger partial charge on any atom is 0.348 e. The number of hydrogen-bond acceptors (Lipinski definition) is 4. The minimum Gasteiger partial charge on any atom is -0.488 e. The summed E-state index contributed by atoms with van der Waals surface area (Å²) in [6, 6.07) is 17.7. The molecule has 1 heterocycles. The van der Waals surface area contributed by atoms with Gasteiger partial charge in [-0.25, -0.2) is 4.79 Å². The van der Waals surface area contributed by atoms with Crippen LogP contribution in [0.2, 0.25) is 0 Å². The first-order valence-corrected chi connectivity index (χ1v) is 7.96. The fourth-order valence-corrected chi connectivity index (χ4v) is 3.17. The molecule has 3 rings (SSSR count). The number of fused-ring (bicyclic) bond motifs is 1. The van der Waals surface area contributed by atoms with Crippen molar-refractivity contribution in [3.63, 3.8) is 0 Å². The van der Waals surface area contributed by atoms with Crippen LogP contribution in [0, 0.1) is 0 Å². The maximum atomic E-state index is 11.9. The van der Waals surface area contributed by atoms with E-state index in [0.29, 0.717) is 18.1 Å². The Morgan fingerprint density at radius 1 is 1.09 bits per heavy atom. The zero-order valence-electron chi connectivity index (χ0n) is 12.2. The second-order valence-corrected chi connectivity index (χ2v) is 5.86. The molecule has 0 spiro atoms. The van der Waals surface area contributed by atoms with Gasteiger partial charge in [0.25, 0.3) is 0 Å². The van der Waals surface area contributed by atoms with E-state index in [0.717, 1.165) is 21.4 Å². The molecule has 0 atom stereocenters. The third kappa shape index (κ3) is 3.12. The quantitative estimate of drug-likeness (QED) is 0.643. The van der Waals surface area contributed by atoms with Crippen LogP contribution in [0.1, 0.15) is 22.2 Å². The highest BCUT2D eigenvalue weighted by Crippen LogP contribution is 2.33. The van der Waals surface area contributed by atoms with Crippen LogP contribution in [0.5, 0.6) is 5.75 Å². The summed E-state index contributed by atoms with van der Waals surface area (Å²) in [6.07, 6.45) is 0. The molecule has 0 aliphatic rings. The molecule has 112 valence electrons. The number of esters is 1. The molecule has 0 unspecified atom stereocenters. The van der Waals surface area contributed by atoms with Crippen LogP contribution in [0.3, 0.4) is 0 Å². The van der Waals surface area contributed by atoms with Crippen molar-refractivity contribution in [2.24, 2.45) is 0 Å². The zero-order valence-corrected chi connectivity index (χ0v) is 13.1. The first-order valence-electron chi connectivity index (χ1n) is 7.14. The summed E-state index contributed by atoms with van der Waals surface area (Å²) in [5.41, 5.74) is 1.11. The van der Waals surface area contributed by atoms with Gasteiger partial charge in [0.05, 0.1) is 6.61 Å². The minimum atomic E-state index is -0.280. The van der Waals surface area contributed by atoms with Crippen molar-refractivity contribution in [1.82, 2.24) is 0 Å². The average molecular weight is 312 g/mol. The van der Waals surface area contributed by atoms with Crippen molar-refractivity contribution < 1.29 is 14.3 Å². The Morgan fingerprint density at radius 3 is 2.68 bits per heavy atom. The van der Waals surface area contributed by atoms with Crippen LogP contribution in [-0.2, 0) is 11.3 Å². The molecule has 4 heteroatoms. The van der Waals surface area contributed by atoms with Gasteiger partial charge in [-0.05, 0) is 30.7 Å². The zero-order chi connectivity index (χ0) is 15.4. The smallest absolute Gasteiger partial charge is 0.348 e. The van der Waals surface area contributed by atoms with E-state index in [1.807, 2.05) is 54.6 Å². The first kappa shape index (κ1) is 14.6. The van der Waals surface area contributed by atoms with E-state index in [-0.39, 0.29) is 5.97 Å². The highest BCUT2D eigenvalue weighted by Gasteiger charge is 2.13. The van der Waals surface area contributed by atoms with Crippen molar-refractivity contribution in [1.29, 1.82) is 0 Å². The van der Waals surface area contributed by atoms with E-state index in [9.17, 15) is 4.79 Å². The van der Waals surface area contributed by atoms with Crippen LogP contribution < -0.4 is 4.74 Å². The molecule has 22 heavy (non-hydrogen) atoms. The van der Waals surface area contributed by atoms with Crippen molar-refractivity contribution >= 4 is 27.4 Å². The Hall–Kier alpha value is -2.33. The van der Waals surface area contributed by atoms with Crippen molar-refractivity contribution in [3.8, 4) is 5.75 Å². The summed E-state index contributed by atoms with van der Waals surface area (Å²) < 4.78 is 12.0. The molecule has 2 aromatic carbocycles. The lowest BCUT2D eigenvalue weighted by atomic mass is 10.2. The summed E-state index contributed by atoms with van der Waals surface area (Å²) in [4.78, 5) is 12.5. The van der Waals surface area contributed by atoms with Gasteiger partial charge in [0.15, 0.2) is 0 Å². The van der Waals surface area contributed by atoms with E-state index in [1.165, 1.54) is 11.3 Å². The minimum absolute atomic E-state index is 0.280. The number of hydrogen-bond donors (Lipinski definition) is 0. The summed E-state index contributed by atoms with van der Waals surface area (Å²) in [5.74, 6) is 0.505. The van der Waals surface area contributed by atoms with Gasteiger partial charge < -0.3 is 9.47 Å². The monoisotopic (exact) mass is 312 g/mol. The van der Waals surface area contributed by atoms with Crippen LogP contribution in [0.4, 0.5) is 0 Å². The lowest BCUT2D eigenvalue weighted by molar-refractivity contribution is 0.0532. The number of benzene rings is 2. The molecule has 0 aliphatic carbocycles. The molecule has 0 aliphatic heterocycles. The molecule has 0 saturated carbocycles. The third-order valence-corrected chi connectivity index (χ3v) is 4.32. The molecule has 0 radical (unpaired) electrons. The van der Waals surface area contributed by atoms with Gasteiger partial charge in [-0.3, -0.25) is 0 Å². The van der Waals surface area contributed by atoms with Crippen LogP contribution in [0.25, 0.3) is 10.1 Å². The molecule has 0 fully saturated rings. The summed E-state index contributed by atoms with van der Waals surface area (Å²) in [6.45, 7) is 2.69. The Labute approximate surface area is 133 Å². The molecule has 0 N–H and O–H groups in total. The summed E-state index contributed by atoms with van der Waals surface area (Å²) in [5, 5.41) is 0.950. The summed E-state index contributed by atoms with van der Waals surface area (Å²) in [7, 11) is 0. The fourth-order valence-electron chi connectivity index (χ4n) is 2.20. The molecular formula is C18H16O3S. The van der Waals surface area contributed by atoms with Gasteiger partial charge >= 0.3 is 5.97 Å². The predicted octanol–water partition coefficient (Wildman–Crippen LogP) is 4.66. The predicted molar refractivity (Wildman–Crippen MR) is 88.6 cm³/mol. The molecule has 0 bridgehead atoms. The van der Waals surface area contributed by atoms with E-state index >= 15 is 0 Å². The highest BCUT2D eigenvalue weighted by atomic mass is 32.1. The van der Waals surface area contributed by atoms with Gasteiger partial charge in [0, 0.05) is 10.1 Å². The Balaban J connectivity index is 1.85. The molecule has 0 amide bonds. The Bertz CT molecular complexity index is 777. The van der Waals surface area contributed by atoms with E-state index in [4.69, 9.17) is 9.47 Å². The van der Waals surface area contributed by atoms with Crippen molar-refractivity contribution in [3.05, 3.63) is 65.0 Å². The van der Waals surface area contributed by atoms with Crippen LogP contribution in [0.15, 0.2) is 54.6 Å². The van der Waals surface area contributed by atoms with Crippen LogP contribution >= 0.6 is 11.3 Å². The van der Waals surface area contributed by atoms with Gasteiger partial charge in [-0.1, -0.05) is 36.4 Å². The lowest BCUT2D eigenvalue weighted by Gasteiger charge is -2.07. The SMILES string of the molecule is CCOC(=O)c1cc2c(OCc3ccccc3)cccc2s1. The fraction of sp³-hybridized carbons (Fsp3) is 0.167. The molecule has 3 nitrogen and oxygen atoms in total. The van der Waals surface area contributed by atoms with Crippen LogP contribution in [-0.4, -0.2) is 12.6 Å². The van der Waals surface area contributed by atoms with Gasteiger partial charge in [-0.15, -0.1) is 11.3 Å². The third-order valence-electron chi connectivity index (χ3n) is 3.24. The normalized spacial score (nSPS) is 10.6. The largest absolute Gasteiger partial charge is 0.488 e. The summed E-state index contributed by atoms with van der Waals surface area (Å²) >= 11 is 1.43. The van der Waals surface area contributed by atoms with Gasteiger partial charge in [0.2, 0.25) is 0 Å².